The number of rotatable bonds is 21. The minimum absolute atomic E-state index is 0.233. The normalized spacial score (nSPS) is 11.2. The van der Waals surface area contributed by atoms with Gasteiger partial charge in [-0.2, -0.15) is 0 Å². The topological polar surface area (TPSA) is 148 Å². The van der Waals surface area contributed by atoms with E-state index in [2.05, 4.69) is 27.9 Å². The molecule has 0 radical (unpaired) electrons. The van der Waals surface area contributed by atoms with Crippen molar-refractivity contribution in [2.75, 3.05) is 51.4 Å². The summed E-state index contributed by atoms with van der Waals surface area (Å²) in [6.45, 7) is 11.1. The van der Waals surface area contributed by atoms with Crippen molar-refractivity contribution in [2.24, 2.45) is 0 Å². The Labute approximate surface area is 301 Å². The molecule has 1 atom stereocenters. The SMILES string of the molecule is CC.CCCOCCOCCOc1ccc(-c2ccc(C(CC(=O)O)NC(=O)CNC(=O)CCCNc3cc(C)ccn3)cc2)c2ccccc12. The van der Waals surface area contributed by atoms with E-state index in [0.717, 1.165) is 52.1 Å². The van der Waals surface area contributed by atoms with E-state index in [0.29, 0.717) is 45.0 Å². The number of nitrogens with zero attached hydrogens (tertiary/aromatic N) is 1. The molecule has 0 aliphatic heterocycles. The number of ether oxygens (including phenoxy) is 3. The third-order valence-corrected chi connectivity index (χ3v) is 7.68. The molecule has 4 N–H and O–H groups in total. The molecule has 51 heavy (non-hydrogen) atoms. The second-order valence-corrected chi connectivity index (χ2v) is 11.6. The first-order valence-corrected chi connectivity index (χ1v) is 17.7. The van der Waals surface area contributed by atoms with Crippen molar-refractivity contribution >= 4 is 34.4 Å². The van der Waals surface area contributed by atoms with Gasteiger partial charge in [0.1, 0.15) is 18.2 Å². The van der Waals surface area contributed by atoms with Crippen LogP contribution >= 0.6 is 0 Å². The van der Waals surface area contributed by atoms with Crippen molar-refractivity contribution in [1.29, 1.82) is 0 Å². The molecule has 2 amide bonds. The van der Waals surface area contributed by atoms with E-state index >= 15 is 0 Å². The zero-order chi connectivity index (χ0) is 36.8. The van der Waals surface area contributed by atoms with E-state index < -0.39 is 17.9 Å². The average molecular weight is 701 g/mol. The number of hydrogen-bond acceptors (Lipinski definition) is 8. The third kappa shape index (κ3) is 14.0. The van der Waals surface area contributed by atoms with Crippen molar-refractivity contribution in [3.05, 3.63) is 90.1 Å². The van der Waals surface area contributed by atoms with E-state index in [4.69, 9.17) is 14.2 Å². The van der Waals surface area contributed by atoms with Gasteiger partial charge in [-0.1, -0.05) is 75.4 Å². The van der Waals surface area contributed by atoms with Crippen LogP contribution in [0.4, 0.5) is 5.82 Å². The van der Waals surface area contributed by atoms with Crippen LogP contribution in [0, 0.1) is 6.92 Å². The minimum atomic E-state index is -1.05. The van der Waals surface area contributed by atoms with Gasteiger partial charge in [0.2, 0.25) is 11.8 Å². The smallest absolute Gasteiger partial charge is 0.305 e. The van der Waals surface area contributed by atoms with Gasteiger partial charge >= 0.3 is 5.97 Å². The lowest BCUT2D eigenvalue weighted by Gasteiger charge is -2.19. The molecule has 11 heteroatoms. The Morgan fingerprint density at radius 3 is 2.25 bits per heavy atom. The van der Waals surface area contributed by atoms with Crippen molar-refractivity contribution in [3.8, 4) is 16.9 Å². The summed E-state index contributed by atoms with van der Waals surface area (Å²) in [7, 11) is 0. The van der Waals surface area contributed by atoms with Crippen LogP contribution in [0.1, 0.15) is 63.6 Å². The van der Waals surface area contributed by atoms with E-state index in [9.17, 15) is 19.5 Å². The highest BCUT2D eigenvalue weighted by molar-refractivity contribution is 6.00. The molecule has 0 saturated heterocycles. The highest BCUT2D eigenvalue weighted by Gasteiger charge is 2.19. The molecule has 4 rings (SSSR count). The molecule has 274 valence electrons. The lowest BCUT2D eigenvalue weighted by molar-refractivity contribution is -0.138. The molecule has 0 aliphatic rings. The van der Waals surface area contributed by atoms with Crippen LogP contribution in [0.5, 0.6) is 5.75 Å². The molecule has 1 heterocycles. The molecule has 11 nitrogen and oxygen atoms in total. The summed E-state index contributed by atoms with van der Waals surface area (Å²) in [4.78, 5) is 40.9. The largest absolute Gasteiger partial charge is 0.491 e. The molecule has 3 aromatic carbocycles. The number of nitrogens with one attached hydrogen (secondary N) is 3. The van der Waals surface area contributed by atoms with Crippen LogP contribution in [-0.2, 0) is 23.9 Å². The van der Waals surface area contributed by atoms with Crippen molar-refractivity contribution < 1.29 is 33.7 Å². The number of carbonyl (C=O) groups excluding carboxylic acids is 2. The van der Waals surface area contributed by atoms with Crippen LogP contribution in [0.3, 0.4) is 0 Å². The van der Waals surface area contributed by atoms with E-state index in [1.165, 1.54) is 0 Å². The average Bonchev–Trinajstić information content (AvgIpc) is 3.14. The van der Waals surface area contributed by atoms with Crippen LogP contribution < -0.4 is 20.7 Å². The molecule has 0 bridgehead atoms. The summed E-state index contributed by atoms with van der Waals surface area (Å²) in [6.07, 6.45) is 3.19. The Balaban J connectivity index is 0.00000345. The number of amides is 2. The van der Waals surface area contributed by atoms with Gasteiger partial charge in [0.05, 0.1) is 38.8 Å². The van der Waals surface area contributed by atoms with E-state index in [1.807, 2.05) is 93.6 Å². The van der Waals surface area contributed by atoms with Crippen LogP contribution in [-0.4, -0.2) is 74.0 Å². The summed E-state index contributed by atoms with van der Waals surface area (Å²) < 4.78 is 17.1. The standard InChI is InChI=1S/C38H46N4O7.C2H6/c1-3-19-47-20-21-48-22-23-49-34-15-14-30(31-7-4-5-8-32(31)34)28-10-12-29(13-11-28)33(25-38(45)46)42-37(44)26-41-36(43)9-6-17-39-35-24-27(2)16-18-40-35;1-2/h4-5,7-8,10-16,18,24,33H,3,6,9,17,19-23,25-26H2,1-2H3,(H,39,40)(H,41,43)(H,42,44)(H,45,46);1-2H3. The lowest BCUT2D eigenvalue weighted by Crippen LogP contribution is -2.39. The quantitative estimate of drug-likeness (QED) is 0.0697. The number of pyridine rings is 1. The minimum Gasteiger partial charge on any atom is -0.491 e. The second-order valence-electron chi connectivity index (χ2n) is 11.6. The fourth-order valence-corrected chi connectivity index (χ4v) is 5.26. The molecule has 0 aliphatic carbocycles. The van der Waals surface area contributed by atoms with Crippen LogP contribution in [0.15, 0.2) is 79.0 Å². The maximum Gasteiger partial charge on any atom is 0.305 e. The zero-order valence-corrected chi connectivity index (χ0v) is 30.2. The Morgan fingerprint density at radius 2 is 1.55 bits per heavy atom. The van der Waals surface area contributed by atoms with E-state index in [-0.39, 0.29) is 25.3 Å². The molecule has 0 fully saturated rings. The number of benzene rings is 3. The highest BCUT2D eigenvalue weighted by Crippen LogP contribution is 2.35. The summed E-state index contributed by atoms with van der Waals surface area (Å²) in [5.41, 5.74) is 3.66. The number of anilines is 1. The maximum atomic E-state index is 12.7. The molecule has 4 aromatic rings. The fraction of sp³-hybridized carbons (Fsp3) is 0.400. The predicted molar refractivity (Wildman–Crippen MR) is 201 cm³/mol. The fourth-order valence-electron chi connectivity index (χ4n) is 5.26. The number of aliphatic carboxylic acids is 1. The van der Waals surface area contributed by atoms with Gasteiger partial charge < -0.3 is 35.3 Å². The number of hydrogen-bond donors (Lipinski definition) is 4. The zero-order valence-electron chi connectivity index (χ0n) is 30.2. The van der Waals surface area contributed by atoms with Gasteiger partial charge in [-0.25, -0.2) is 4.98 Å². The number of aromatic nitrogens is 1. The summed E-state index contributed by atoms with van der Waals surface area (Å²) in [5.74, 6) is -0.281. The Kier molecular flexibility index (Phi) is 18.0. The van der Waals surface area contributed by atoms with Gasteiger partial charge in [-0.3, -0.25) is 14.4 Å². The van der Waals surface area contributed by atoms with Crippen LogP contribution in [0.2, 0.25) is 0 Å². The summed E-state index contributed by atoms with van der Waals surface area (Å²) in [6, 6.07) is 22.4. The number of carbonyl (C=O) groups is 3. The van der Waals surface area contributed by atoms with Gasteiger partial charge in [-0.05, 0) is 65.6 Å². The van der Waals surface area contributed by atoms with Gasteiger partial charge in [0.25, 0.3) is 0 Å². The molecular formula is C40H52N4O7. The molecule has 0 saturated carbocycles. The Bertz CT molecular complexity index is 1660. The molecular weight excluding hydrogens is 648 g/mol. The lowest BCUT2D eigenvalue weighted by atomic mass is 9.95. The third-order valence-electron chi connectivity index (χ3n) is 7.68. The summed E-state index contributed by atoms with van der Waals surface area (Å²) >= 11 is 0. The summed E-state index contributed by atoms with van der Waals surface area (Å²) in [5, 5.41) is 20.1. The number of carboxylic acids is 1. The van der Waals surface area contributed by atoms with E-state index in [1.54, 1.807) is 6.20 Å². The second kappa shape index (κ2) is 22.7. The first-order chi connectivity index (χ1) is 24.8. The van der Waals surface area contributed by atoms with Gasteiger partial charge in [0, 0.05) is 31.2 Å². The van der Waals surface area contributed by atoms with Gasteiger partial charge in [-0.15, -0.1) is 0 Å². The first kappa shape index (κ1) is 40.4. The number of aryl methyl sites for hydroxylation is 1. The number of fused-ring (bicyclic) bond motifs is 1. The first-order valence-electron chi connectivity index (χ1n) is 17.7. The van der Waals surface area contributed by atoms with Crippen molar-refractivity contribution in [3.63, 3.8) is 0 Å². The highest BCUT2D eigenvalue weighted by atomic mass is 16.5. The Hall–Kier alpha value is -5.00. The molecule has 1 unspecified atom stereocenters. The maximum absolute atomic E-state index is 12.7. The molecule has 1 aromatic heterocycles. The van der Waals surface area contributed by atoms with Crippen molar-refractivity contribution in [2.45, 2.75) is 59.4 Å². The molecule has 0 spiro atoms. The predicted octanol–water partition coefficient (Wildman–Crippen LogP) is 6.70. The van der Waals surface area contributed by atoms with Gasteiger partial charge in [0.15, 0.2) is 0 Å². The Morgan fingerprint density at radius 1 is 0.843 bits per heavy atom. The van der Waals surface area contributed by atoms with Crippen molar-refractivity contribution in [1.82, 2.24) is 15.6 Å². The monoisotopic (exact) mass is 700 g/mol. The number of carboxylic acid groups (broad SMARTS) is 1. The van der Waals surface area contributed by atoms with Crippen LogP contribution in [0.25, 0.3) is 21.9 Å².